The van der Waals surface area contributed by atoms with Crippen LogP contribution in [0.15, 0.2) is 30.9 Å². The molecule has 0 saturated carbocycles. The van der Waals surface area contributed by atoms with E-state index >= 15 is 0 Å². The third-order valence-corrected chi connectivity index (χ3v) is 2.75. The second-order valence-corrected chi connectivity index (χ2v) is 4.26. The largest absolute Gasteiger partial charge is 0.305 e. The summed E-state index contributed by atoms with van der Waals surface area (Å²) >= 11 is 0. The van der Waals surface area contributed by atoms with Crippen LogP contribution >= 0.6 is 0 Å². The summed E-state index contributed by atoms with van der Waals surface area (Å²) in [5.74, 6) is 0.247. The zero-order valence-electron chi connectivity index (χ0n) is 10.5. The number of hydrogen-bond donors (Lipinski definition) is 1. The van der Waals surface area contributed by atoms with Gasteiger partial charge in [-0.25, -0.2) is 9.50 Å². The third-order valence-electron chi connectivity index (χ3n) is 2.75. The second kappa shape index (κ2) is 4.20. The summed E-state index contributed by atoms with van der Waals surface area (Å²) in [7, 11) is 1.76. The molecule has 0 unspecified atom stereocenters. The van der Waals surface area contributed by atoms with Crippen LogP contribution in [-0.2, 0) is 7.05 Å². The van der Waals surface area contributed by atoms with Crippen LogP contribution in [-0.4, -0.2) is 30.3 Å². The maximum absolute atomic E-state index is 12.0. The summed E-state index contributed by atoms with van der Waals surface area (Å²) in [5.41, 5.74) is 2.22. The minimum absolute atomic E-state index is 0.237. The Morgan fingerprint density at radius 1 is 1.42 bits per heavy atom. The van der Waals surface area contributed by atoms with Crippen LogP contribution in [0.25, 0.3) is 5.65 Å². The predicted octanol–water partition coefficient (Wildman–Crippen LogP) is 1.02. The lowest BCUT2D eigenvalue weighted by Gasteiger charge is -2.05. The van der Waals surface area contributed by atoms with Gasteiger partial charge in [0, 0.05) is 25.6 Å². The van der Waals surface area contributed by atoms with Crippen LogP contribution in [0.2, 0.25) is 0 Å². The lowest BCUT2D eigenvalue weighted by Crippen LogP contribution is -2.13. The number of nitrogens with one attached hydrogen (secondary N) is 1. The number of anilines is 1. The summed E-state index contributed by atoms with van der Waals surface area (Å²) in [5, 5.41) is 11.0. The summed E-state index contributed by atoms with van der Waals surface area (Å²) in [6.45, 7) is 1.92. The van der Waals surface area contributed by atoms with Gasteiger partial charge in [0.15, 0.2) is 11.5 Å². The maximum Gasteiger partial charge on any atom is 0.260 e. The molecule has 7 nitrogen and oxygen atoms in total. The van der Waals surface area contributed by atoms with E-state index in [1.54, 1.807) is 40.9 Å². The molecule has 0 radical (unpaired) electrons. The van der Waals surface area contributed by atoms with Crippen molar-refractivity contribution < 1.29 is 4.79 Å². The molecule has 0 bridgehead atoms. The number of carbonyl (C=O) groups excluding carboxylic acids is 1. The van der Waals surface area contributed by atoms with Crippen molar-refractivity contribution in [2.45, 2.75) is 6.92 Å². The Morgan fingerprint density at radius 2 is 2.26 bits per heavy atom. The van der Waals surface area contributed by atoms with E-state index in [2.05, 4.69) is 20.5 Å². The van der Waals surface area contributed by atoms with Crippen molar-refractivity contribution >= 4 is 17.4 Å². The number of fused-ring (bicyclic) bond motifs is 1. The molecule has 19 heavy (non-hydrogen) atoms. The van der Waals surface area contributed by atoms with Gasteiger partial charge in [0.25, 0.3) is 5.91 Å². The highest BCUT2D eigenvalue weighted by atomic mass is 16.1. The third kappa shape index (κ3) is 2.05. The zero-order chi connectivity index (χ0) is 13.4. The van der Waals surface area contributed by atoms with Crippen LogP contribution in [0, 0.1) is 6.92 Å². The molecule has 3 aromatic rings. The molecule has 0 aliphatic heterocycles. The van der Waals surface area contributed by atoms with Gasteiger partial charge in [-0.1, -0.05) is 0 Å². The van der Waals surface area contributed by atoms with Crippen LogP contribution in [0.3, 0.4) is 0 Å². The van der Waals surface area contributed by atoms with Gasteiger partial charge in [-0.2, -0.15) is 5.10 Å². The first kappa shape index (κ1) is 11.4. The van der Waals surface area contributed by atoms with Gasteiger partial charge in [0.1, 0.15) is 0 Å². The number of carbonyl (C=O) groups is 1. The predicted molar refractivity (Wildman–Crippen MR) is 68.9 cm³/mol. The normalized spacial score (nSPS) is 10.8. The molecule has 0 saturated heterocycles. The summed E-state index contributed by atoms with van der Waals surface area (Å²) in [6, 6.07) is 1.79. The molecule has 3 rings (SSSR count). The first-order valence-corrected chi connectivity index (χ1v) is 5.74. The second-order valence-electron chi connectivity index (χ2n) is 4.26. The van der Waals surface area contributed by atoms with E-state index in [0.29, 0.717) is 11.4 Å². The molecular weight excluding hydrogens is 244 g/mol. The van der Waals surface area contributed by atoms with E-state index in [1.165, 1.54) is 6.20 Å². The highest BCUT2D eigenvalue weighted by Crippen LogP contribution is 2.12. The van der Waals surface area contributed by atoms with Crippen LogP contribution in [0.4, 0.5) is 5.82 Å². The first-order valence-electron chi connectivity index (χ1n) is 5.74. The van der Waals surface area contributed by atoms with Gasteiger partial charge < -0.3 is 5.32 Å². The molecule has 0 fully saturated rings. The maximum atomic E-state index is 12.0. The van der Waals surface area contributed by atoms with Crippen molar-refractivity contribution in [2.24, 2.45) is 7.05 Å². The molecule has 0 spiro atoms. The Balaban J connectivity index is 1.90. The molecule has 3 aromatic heterocycles. The van der Waals surface area contributed by atoms with Crippen molar-refractivity contribution in [3.63, 3.8) is 0 Å². The molecule has 0 aromatic carbocycles. The fourth-order valence-corrected chi connectivity index (χ4v) is 1.86. The topological polar surface area (TPSA) is 77.1 Å². The SMILES string of the molecule is Cc1cc(NC(=O)c2cnn(C)c2)nn2ccnc12. The number of amides is 1. The number of aromatic nitrogens is 5. The Labute approximate surface area is 108 Å². The quantitative estimate of drug-likeness (QED) is 0.742. The average molecular weight is 256 g/mol. The van der Waals surface area contributed by atoms with Gasteiger partial charge in [-0.15, -0.1) is 5.10 Å². The number of hydrogen-bond acceptors (Lipinski definition) is 4. The molecule has 7 heteroatoms. The van der Waals surface area contributed by atoms with Gasteiger partial charge in [0.2, 0.25) is 0 Å². The Kier molecular flexibility index (Phi) is 2.52. The fraction of sp³-hybridized carbons (Fsp3) is 0.167. The fourth-order valence-electron chi connectivity index (χ4n) is 1.86. The van der Waals surface area contributed by atoms with E-state index < -0.39 is 0 Å². The summed E-state index contributed by atoms with van der Waals surface area (Å²) in [6.07, 6.45) is 6.57. The standard InChI is InChI=1S/C12H12N6O/c1-8-5-10(16-18-4-3-13-11(8)18)15-12(19)9-6-14-17(2)7-9/h3-7H,1-2H3,(H,15,16,19). The number of aryl methyl sites for hydroxylation is 2. The smallest absolute Gasteiger partial charge is 0.260 e. The zero-order valence-corrected chi connectivity index (χ0v) is 10.5. The highest BCUT2D eigenvalue weighted by molar-refractivity contribution is 6.03. The van der Waals surface area contributed by atoms with Crippen molar-refractivity contribution in [3.8, 4) is 0 Å². The van der Waals surface area contributed by atoms with Crippen molar-refractivity contribution in [1.29, 1.82) is 0 Å². The van der Waals surface area contributed by atoms with Crippen LogP contribution in [0.5, 0.6) is 0 Å². The number of nitrogens with zero attached hydrogens (tertiary/aromatic N) is 5. The molecule has 0 atom stereocenters. The van der Waals surface area contributed by atoms with E-state index in [1.807, 2.05) is 6.92 Å². The lowest BCUT2D eigenvalue weighted by atomic mass is 10.3. The van der Waals surface area contributed by atoms with Crippen molar-refractivity contribution in [3.05, 3.63) is 42.0 Å². The monoisotopic (exact) mass is 256 g/mol. The molecular formula is C12H12N6O. The van der Waals surface area contributed by atoms with E-state index in [-0.39, 0.29) is 5.91 Å². The van der Waals surface area contributed by atoms with Crippen molar-refractivity contribution in [1.82, 2.24) is 24.4 Å². The number of imidazole rings is 1. The summed E-state index contributed by atoms with van der Waals surface area (Å²) < 4.78 is 3.21. The van der Waals surface area contributed by atoms with E-state index in [4.69, 9.17) is 0 Å². The van der Waals surface area contributed by atoms with Crippen molar-refractivity contribution in [2.75, 3.05) is 5.32 Å². The minimum Gasteiger partial charge on any atom is -0.305 e. The van der Waals surface area contributed by atoms with Crippen LogP contribution < -0.4 is 5.32 Å². The average Bonchev–Trinajstić information content (AvgIpc) is 2.97. The summed E-state index contributed by atoms with van der Waals surface area (Å²) in [4.78, 5) is 16.2. The minimum atomic E-state index is -0.237. The van der Waals surface area contributed by atoms with Gasteiger partial charge in [0.05, 0.1) is 11.8 Å². The van der Waals surface area contributed by atoms with Gasteiger partial charge in [-0.3, -0.25) is 9.48 Å². The number of rotatable bonds is 2. The Hall–Kier alpha value is -2.70. The molecule has 1 amide bonds. The molecule has 0 aliphatic rings. The molecule has 96 valence electrons. The molecule has 1 N–H and O–H groups in total. The lowest BCUT2D eigenvalue weighted by molar-refractivity contribution is 0.102. The van der Waals surface area contributed by atoms with Gasteiger partial charge in [-0.05, 0) is 18.6 Å². The van der Waals surface area contributed by atoms with E-state index in [0.717, 1.165) is 11.2 Å². The highest BCUT2D eigenvalue weighted by Gasteiger charge is 2.10. The van der Waals surface area contributed by atoms with Crippen LogP contribution in [0.1, 0.15) is 15.9 Å². The Morgan fingerprint density at radius 3 is 3.00 bits per heavy atom. The Bertz CT molecular complexity index is 757. The van der Waals surface area contributed by atoms with E-state index in [9.17, 15) is 4.79 Å². The molecule has 3 heterocycles. The molecule has 0 aliphatic carbocycles. The first-order chi connectivity index (χ1) is 9.13. The van der Waals surface area contributed by atoms with Gasteiger partial charge >= 0.3 is 0 Å².